The lowest BCUT2D eigenvalue weighted by molar-refractivity contribution is 0.185. The second kappa shape index (κ2) is 56.9. The molecular formula is C93H111BrClI2N13O7. The molecule has 6 heterocycles. The number of nitrogens with one attached hydrogen (secondary N) is 7. The lowest BCUT2D eigenvalue weighted by Crippen LogP contribution is -2.17. The maximum atomic E-state index is 6.25. The third-order valence-corrected chi connectivity index (χ3v) is 20.2. The van der Waals surface area contributed by atoms with Crippen molar-refractivity contribution in [2.24, 2.45) is 0 Å². The Morgan fingerprint density at radius 1 is 0.316 bits per heavy atom. The number of rotatable bonds is 38. The summed E-state index contributed by atoms with van der Waals surface area (Å²) < 4.78 is 44.5. The number of aromatic nitrogens is 6. The smallest absolute Gasteiger partial charge is 0.256 e. The Morgan fingerprint density at radius 2 is 0.615 bits per heavy atom. The van der Waals surface area contributed by atoms with E-state index in [-0.39, 0.29) is 36.6 Å². The molecule has 0 spiro atoms. The number of aryl methyl sites for hydroxylation is 1. The van der Waals surface area contributed by atoms with E-state index in [1.54, 1.807) is 38.1 Å². The predicted octanol–water partition coefficient (Wildman–Crippen LogP) is 19.9. The largest absolute Gasteiger partial charge is 0.483 e. The molecule has 6 aromatic heterocycles. The van der Waals surface area contributed by atoms with Crippen molar-refractivity contribution in [2.75, 3.05) is 101 Å². The minimum Gasteiger partial charge on any atom is -0.483 e. The first-order valence-corrected chi connectivity index (χ1v) is 42.4. The number of hydrogen-bond donors (Lipinski definition) is 7. The van der Waals surface area contributed by atoms with Crippen molar-refractivity contribution in [3.05, 3.63) is 342 Å². The normalized spacial score (nSPS) is 12.0. The summed E-state index contributed by atoms with van der Waals surface area (Å²) >= 11 is 13.9. The summed E-state index contributed by atoms with van der Waals surface area (Å²) in [4.78, 5) is 25.2. The number of ether oxygens (including phenoxy) is 7. The van der Waals surface area contributed by atoms with Crippen molar-refractivity contribution in [3.63, 3.8) is 0 Å². The van der Waals surface area contributed by atoms with Crippen LogP contribution in [0.4, 0.5) is 5.82 Å². The van der Waals surface area contributed by atoms with E-state index in [0.717, 1.165) is 135 Å². The van der Waals surface area contributed by atoms with Crippen LogP contribution in [0.5, 0.6) is 40.4 Å². The Bertz CT molecular complexity index is 4260. The highest BCUT2D eigenvalue weighted by molar-refractivity contribution is 14.1. The molecule has 6 unspecified atom stereocenters. The summed E-state index contributed by atoms with van der Waals surface area (Å²) in [5.41, 5.74) is 8.14. The van der Waals surface area contributed by atoms with Crippen LogP contribution in [0.1, 0.15) is 114 Å². The molecule has 0 fully saturated rings. The standard InChI is InChI=1S/C16H19IN2O.C16H21N3O.C16H20N2O2.C15H17BrN2O.C15H17ClN2O.C15H17IN2O/c1-12-8-11-19-16(17)15(12)20-14(9-10-18-2)13-6-4-3-5-7-13;1-17-12-10-14(13-7-4-3-5-8-13)20-15-9-6-11-19-16(15)18-2;1-17-12-10-14(13-7-4-3-5-8-13)20-15-9-6-11-18-16(15)19-2;3*1-17-11-9-13(12-6-3-2-4-7-12)19-14-8-5-10-18-15(14)16/h3-8,11,14,18H,9-10H2,1-2H3;3-9,11,14,17H,10,12H2,1-2H3,(H,18,19);3-9,11,14,17H,10,12H2,1-2H3;3*2-8,10,13,17H,9,11H2,1H3. The number of methoxy groups -OCH3 is 1. The topological polar surface area (TPSA) is 226 Å². The minimum atomic E-state index is -0.0321. The van der Waals surface area contributed by atoms with E-state index in [2.05, 4.69) is 208 Å². The first-order valence-electron chi connectivity index (χ1n) is 39.1. The van der Waals surface area contributed by atoms with E-state index in [9.17, 15) is 0 Å². The maximum absolute atomic E-state index is 6.25. The van der Waals surface area contributed by atoms with Crippen molar-refractivity contribution < 1.29 is 33.2 Å². The second-order valence-electron chi connectivity index (χ2n) is 26.2. The zero-order valence-electron chi connectivity index (χ0n) is 68.1. The van der Waals surface area contributed by atoms with Crippen LogP contribution in [-0.4, -0.2) is 126 Å². The van der Waals surface area contributed by atoms with Gasteiger partial charge in [0, 0.05) is 82.8 Å². The molecule has 24 heteroatoms. The number of halogens is 4. The molecule has 12 aromatic rings. The monoisotopic (exact) mass is 1890 g/mol. The Kier molecular flexibility index (Phi) is 46.1. The zero-order chi connectivity index (χ0) is 83.3. The third kappa shape index (κ3) is 34.6. The van der Waals surface area contributed by atoms with Crippen molar-refractivity contribution >= 4 is 78.5 Å². The number of nitrogens with zero attached hydrogens (tertiary/aromatic N) is 6. The number of pyridine rings is 6. The van der Waals surface area contributed by atoms with Crippen LogP contribution in [0.2, 0.25) is 5.15 Å². The van der Waals surface area contributed by atoms with Gasteiger partial charge in [-0.3, -0.25) is 0 Å². The minimum absolute atomic E-state index is 0.0138. The highest BCUT2D eigenvalue weighted by Gasteiger charge is 2.22. The van der Waals surface area contributed by atoms with Gasteiger partial charge in [0.05, 0.1) is 7.11 Å². The highest BCUT2D eigenvalue weighted by atomic mass is 127. The Hall–Kier alpha value is -9.39. The van der Waals surface area contributed by atoms with E-state index in [1.807, 2.05) is 231 Å². The molecule has 0 aliphatic heterocycles. The molecule has 0 radical (unpaired) electrons. The predicted molar refractivity (Wildman–Crippen MR) is 495 cm³/mol. The van der Waals surface area contributed by atoms with Crippen LogP contribution in [0.25, 0.3) is 0 Å². The lowest BCUT2D eigenvalue weighted by atomic mass is 10.1. The van der Waals surface area contributed by atoms with E-state index in [0.29, 0.717) is 22.5 Å². The summed E-state index contributed by atoms with van der Waals surface area (Å²) in [5.74, 6) is 5.84. The molecule has 6 aromatic carbocycles. The van der Waals surface area contributed by atoms with Gasteiger partial charge in [0.1, 0.15) is 48.6 Å². The van der Waals surface area contributed by atoms with Gasteiger partial charge in [-0.25, -0.2) is 29.9 Å². The van der Waals surface area contributed by atoms with Gasteiger partial charge < -0.3 is 70.4 Å². The Balaban J connectivity index is 0.000000194. The number of hydrogen-bond acceptors (Lipinski definition) is 20. The van der Waals surface area contributed by atoms with E-state index < -0.39 is 0 Å². The van der Waals surface area contributed by atoms with Crippen molar-refractivity contribution in [2.45, 2.75) is 82.1 Å². The molecular weight excluding hydrogens is 1780 g/mol. The van der Waals surface area contributed by atoms with E-state index in [1.165, 1.54) is 22.3 Å². The van der Waals surface area contributed by atoms with Crippen molar-refractivity contribution in [3.8, 4) is 40.4 Å². The number of anilines is 1. The number of benzene rings is 6. The van der Waals surface area contributed by atoms with Gasteiger partial charge in [-0.05, 0) is 255 Å². The lowest BCUT2D eigenvalue weighted by Gasteiger charge is -2.21. The summed E-state index contributed by atoms with van der Waals surface area (Å²) in [6.07, 6.45) is 15.9. The molecule has 0 amide bonds. The van der Waals surface area contributed by atoms with Gasteiger partial charge in [0.2, 0.25) is 0 Å². The van der Waals surface area contributed by atoms with Gasteiger partial charge in [-0.1, -0.05) is 194 Å². The quantitative estimate of drug-likeness (QED) is 0.0141. The molecule has 618 valence electrons. The fraction of sp³-hybridized carbons (Fsp3) is 0.290. The second-order valence-corrected chi connectivity index (χ2v) is 29.3. The van der Waals surface area contributed by atoms with E-state index >= 15 is 0 Å². The zero-order valence-corrected chi connectivity index (χ0v) is 74.8. The van der Waals surface area contributed by atoms with Crippen LogP contribution in [0.15, 0.2) is 291 Å². The van der Waals surface area contributed by atoms with Crippen LogP contribution in [0, 0.1) is 14.3 Å². The molecule has 0 aliphatic carbocycles. The van der Waals surface area contributed by atoms with Crippen LogP contribution < -0.4 is 70.4 Å². The Labute approximate surface area is 733 Å². The van der Waals surface area contributed by atoms with Gasteiger partial charge >= 0.3 is 0 Å². The van der Waals surface area contributed by atoms with Gasteiger partial charge in [0.25, 0.3) is 5.88 Å². The van der Waals surface area contributed by atoms with Gasteiger partial charge in [0.15, 0.2) is 45.5 Å². The SMILES string of the molecule is CNCCC(Oc1c(C)ccnc1I)c1ccccc1.CNCCC(Oc1cccnc1Br)c1ccccc1.CNCCC(Oc1cccnc1Cl)c1ccccc1.CNCCC(Oc1cccnc1I)c1ccccc1.CNCCC(Oc1cccnc1NC)c1ccccc1.CNCCC(Oc1cccnc1OC)c1ccccc1. The van der Waals surface area contributed by atoms with E-state index in [4.69, 9.17) is 44.8 Å². The molecule has 117 heavy (non-hydrogen) atoms. The first-order chi connectivity index (χ1) is 57.3. The molecule has 6 atom stereocenters. The first kappa shape index (κ1) is 94.8. The fourth-order valence-corrected chi connectivity index (χ4v) is 13.3. The Morgan fingerprint density at radius 3 is 0.974 bits per heavy atom. The molecule has 7 N–H and O–H groups in total. The molecule has 0 aliphatic rings. The van der Waals surface area contributed by atoms with Gasteiger partial charge in [-0.15, -0.1) is 0 Å². The van der Waals surface area contributed by atoms with Crippen LogP contribution in [0.3, 0.4) is 0 Å². The molecule has 0 bridgehead atoms. The molecule has 20 nitrogen and oxygen atoms in total. The molecule has 0 saturated heterocycles. The average Bonchev–Trinajstić information content (AvgIpc) is 0.842. The van der Waals surface area contributed by atoms with Crippen molar-refractivity contribution in [1.82, 2.24) is 61.8 Å². The highest BCUT2D eigenvalue weighted by Crippen LogP contribution is 2.36. The fourth-order valence-electron chi connectivity index (χ4n) is 11.7. The van der Waals surface area contributed by atoms with Crippen LogP contribution >= 0.6 is 72.7 Å². The molecule has 12 rings (SSSR count). The summed E-state index contributed by atoms with van der Waals surface area (Å²) in [5, 5.41) is 22.4. The summed E-state index contributed by atoms with van der Waals surface area (Å²) in [6, 6.07) is 82.3. The van der Waals surface area contributed by atoms with Crippen LogP contribution in [-0.2, 0) is 0 Å². The average molecular weight is 1890 g/mol. The summed E-state index contributed by atoms with van der Waals surface area (Å²) in [7, 11) is 15.1. The molecule has 0 saturated carbocycles. The van der Waals surface area contributed by atoms with Gasteiger partial charge in [-0.2, -0.15) is 0 Å². The van der Waals surface area contributed by atoms with Crippen molar-refractivity contribution in [1.29, 1.82) is 0 Å². The maximum Gasteiger partial charge on any atom is 0.256 e. The summed E-state index contributed by atoms with van der Waals surface area (Å²) in [6.45, 7) is 7.43. The third-order valence-electron chi connectivity index (χ3n) is 17.7.